The number of anilines is 2. The summed E-state index contributed by atoms with van der Waals surface area (Å²) < 4.78 is 2.25. The van der Waals surface area contributed by atoms with Gasteiger partial charge in [-0.05, 0) is 55.9 Å². The van der Waals surface area contributed by atoms with Gasteiger partial charge in [-0.3, -0.25) is 0 Å². The molecule has 4 rings (SSSR count). The molecule has 1 aliphatic carbocycles. The molecule has 3 aromatic rings. The minimum absolute atomic E-state index is 0.402. The van der Waals surface area contributed by atoms with E-state index in [1.165, 1.54) is 19.3 Å². The third-order valence-corrected chi connectivity index (χ3v) is 5.14. The van der Waals surface area contributed by atoms with E-state index in [9.17, 15) is 0 Å². The summed E-state index contributed by atoms with van der Waals surface area (Å²) in [7, 11) is 0. The Kier molecular flexibility index (Phi) is 3.23. The summed E-state index contributed by atoms with van der Waals surface area (Å²) in [5, 5.41) is 0. The number of pyridine rings is 2. The zero-order valence-corrected chi connectivity index (χ0v) is 14.1. The van der Waals surface area contributed by atoms with E-state index in [4.69, 9.17) is 16.5 Å². The lowest BCUT2D eigenvalue weighted by Gasteiger charge is -2.15. The first-order valence-electron chi connectivity index (χ1n) is 8.37. The van der Waals surface area contributed by atoms with Crippen molar-refractivity contribution in [3.8, 4) is 11.3 Å². The van der Waals surface area contributed by atoms with Crippen LogP contribution in [-0.4, -0.2) is 19.5 Å². The van der Waals surface area contributed by atoms with Crippen molar-refractivity contribution in [2.24, 2.45) is 5.41 Å². The van der Waals surface area contributed by atoms with Crippen LogP contribution in [0.4, 0.5) is 11.6 Å². The molecule has 1 aliphatic rings. The van der Waals surface area contributed by atoms with E-state index < -0.39 is 0 Å². The summed E-state index contributed by atoms with van der Waals surface area (Å²) in [4.78, 5) is 13.5. The Balaban J connectivity index is 1.82. The van der Waals surface area contributed by atoms with Crippen molar-refractivity contribution in [1.82, 2.24) is 19.5 Å². The van der Waals surface area contributed by atoms with Gasteiger partial charge in [0.25, 0.3) is 0 Å². The highest BCUT2D eigenvalue weighted by Gasteiger charge is 2.41. The van der Waals surface area contributed by atoms with Crippen molar-refractivity contribution >= 4 is 22.8 Å². The van der Waals surface area contributed by atoms with Gasteiger partial charge in [0, 0.05) is 12.1 Å². The highest BCUT2D eigenvalue weighted by Crippen LogP contribution is 2.50. The predicted molar refractivity (Wildman–Crippen MR) is 96.3 cm³/mol. The van der Waals surface area contributed by atoms with Crippen LogP contribution in [0.25, 0.3) is 22.4 Å². The van der Waals surface area contributed by atoms with Crippen LogP contribution in [0.3, 0.4) is 0 Å². The molecule has 0 aliphatic heterocycles. The molecule has 3 aromatic heterocycles. The minimum Gasteiger partial charge on any atom is -0.384 e. The molecule has 6 nitrogen and oxygen atoms in total. The van der Waals surface area contributed by atoms with Gasteiger partial charge in [-0.25, -0.2) is 15.0 Å². The van der Waals surface area contributed by atoms with Crippen molar-refractivity contribution in [1.29, 1.82) is 0 Å². The number of rotatable bonds is 4. The van der Waals surface area contributed by atoms with Crippen LogP contribution in [0, 0.1) is 12.3 Å². The first-order valence-corrected chi connectivity index (χ1v) is 8.37. The summed E-state index contributed by atoms with van der Waals surface area (Å²) in [5.41, 5.74) is 15.6. The Morgan fingerprint density at radius 2 is 1.79 bits per heavy atom. The summed E-state index contributed by atoms with van der Waals surface area (Å²) in [6, 6.07) is 7.57. The molecule has 0 amide bonds. The molecule has 0 saturated heterocycles. The van der Waals surface area contributed by atoms with Crippen molar-refractivity contribution in [3.63, 3.8) is 0 Å². The third-order valence-electron chi connectivity index (χ3n) is 5.14. The largest absolute Gasteiger partial charge is 0.384 e. The monoisotopic (exact) mass is 322 g/mol. The first kappa shape index (κ1) is 14.9. The second-order valence-corrected chi connectivity index (χ2v) is 6.84. The van der Waals surface area contributed by atoms with E-state index in [1.54, 1.807) is 12.1 Å². The van der Waals surface area contributed by atoms with Gasteiger partial charge in [0.2, 0.25) is 0 Å². The Bertz CT molecular complexity index is 902. The SMILES string of the molecule is CCC1(Cn2c(C)nc3ccc(-c4cc(N)nc(N)c4)nc32)CC1. The van der Waals surface area contributed by atoms with Gasteiger partial charge in [0.1, 0.15) is 23.0 Å². The molecule has 24 heavy (non-hydrogen) atoms. The zero-order chi connectivity index (χ0) is 16.9. The number of nitrogens with two attached hydrogens (primary N) is 2. The highest BCUT2D eigenvalue weighted by atomic mass is 15.1. The Labute approximate surface area is 140 Å². The van der Waals surface area contributed by atoms with Crippen LogP contribution in [0.1, 0.15) is 32.0 Å². The molecule has 4 N–H and O–H groups in total. The lowest BCUT2D eigenvalue weighted by atomic mass is 10.0. The first-order chi connectivity index (χ1) is 11.5. The second kappa shape index (κ2) is 5.19. The van der Waals surface area contributed by atoms with E-state index >= 15 is 0 Å². The number of nitrogens with zero attached hydrogens (tertiary/aromatic N) is 4. The Morgan fingerprint density at radius 1 is 1.08 bits per heavy atom. The fraction of sp³-hybridized carbons (Fsp3) is 0.389. The van der Waals surface area contributed by atoms with Crippen LogP contribution in [0.5, 0.6) is 0 Å². The molecule has 0 atom stereocenters. The molecular weight excluding hydrogens is 300 g/mol. The average Bonchev–Trinajstić information content (AvgIpc) is 3.26. The van der Waals surface area contributed by atoms with Gasteiger partial charge >= 0.3 is 0 Å². The van der Waals surface area contributed by atoms with E-state index in [0.29, 0.717) is 17.1 Å². The van der Waals surface area contributed by atoms with E-state index in [1.807, 2.05) is 12.1 Å². The molecule has 124 valence electrons. The lowest BCUT2D eigenvalue weighted by Crippen LogP contribution is -2.12. The Hall–Kier alpha value is -2.63. The van der Waals surface area contributed by atoms with E-state index in [0.717, 1.165) is 34.8 Å². The van der Waals surface area contributed by atoms with Gasteiger partial charge in [0.05, 0.1) is 5.69 Å². The number of hydrogen-bond donors (Lipinski definition) is 2. The predicted octanol–water partition coefficient (Wildman–Crippen LogP) is 3.16. The van der Waals surface area contributed by atoms with Gasteiger partial charge < -0.3 is 16.0 Å². The zero-order valence-electron chi connectivity index (χ0n) is 14.1. The Morgan fingerprint density at radius 3 is 2.42 bits per heavy atom. The number of imidazole rings is 1. The highest BCUT2D eigenvalue weighted by molar-refractivity contribution is 5.77. The van der Waals surface area contributed by atoms with Gasteiger partial charge in [0.15, 0.2) is 5.65 Å². The molecule has 1 saturated carbocycles. The fourth-order valence-corrected chi connectivity index (χ4v) is 3.32. The maximum atomic E-state index is 5.82. The van der Waals surface area contributed by atoms with Crippen molar-refractivity contribution < 1.29 is 0 Å². The van der Waals surface area contributed by atoms with Crippen molar-refractivity contribution in [2.45, 2.75) is 39.7 Å². The average molecular weight is 322 g/mol. The summed E-state index contributed by atoms with van der Waals surface area (Å²) in [6.45, 7) is 5.31. The number of hydrogen-bond acceptors (Lipinski definition) is 5. The molecule has 0 radical (unpaired) electrons. The smallest absolute Gasteiger partial charge is 0.160 e. The molecule has 1 fully saturated rings. The van der Waals surface area contributed by atoms with Gasteiger partial charge in [-0.15, -0.1) is 0 Å². The van der Waals surface area contributed by atoms with E-state index in [2.05, 4.69) is 28.4 Å². The standard InChI is InChI=1S/C18H22N6/c1-3-18(6-7-18)10-24-11(2)21-14-5-4-13(22-17(14)24)12-8-15(19)23-16(20)9-12/h4-5,8-9H,3,6-7,10H2,1-2H3,(H4,19,20,23). The maximum absolute atomic E-state index is 5.82. The number of aryl methyl sites for hydroxylation is 1. The molecule has 0 unspecified atom stereocenters. The minimum atomic E-state index is 0.402. The van der Waals surface area contributed by atoms with Crippen LogP contribution in [0.15, 0.2) is 24.3 Å². The summed E-state index contributed by atoms with van der Waals surface area (Å²) in [6.07, 6.45) is 3.78. The van der Waals surface area contributed by atoms with Crippen LogP contribution >= 0.6 is 0 Å². The molecule has 6 heteroatoms. The van der Waals surface area contributed by atoms with Crippen LogP contribution in [-0.2, 0) is 6.54 Å². The molecular formula is C18H22N6. The molecule has 0 aromatic carbocycles. The summed E-state index contributed by atoms with van der Waals surface area (Å²) >= 11 is 0. The normalized spacial score (nSPS) is 15.8. The van der Waals surface area contributed by atoms with Crippen molar-refractivity contribution in [3.05, 3.63) is 30.1 Å². The summed E-state index contributed by atoms with van der Waals surface area (Å²) in [5.74, 6) is 1.82. The van der Waals surface area contributed by atoms with Crippen LogP contribution < -0.4 is 11.5 Å². The number of nitrogen functional groups attached to an aromatic ring is 2. The molecule has 0 bridgehead atoms. The lowest BCUT2D eigenvalue weighted by molar-refractivity contribution is 0.409. The maximum Gasteiger partial charge on any atom is 0.160 e. The van der Waals surface area contributed by atoms with E-state index in [-0.39, 0.29) is 0 Å². The van der Waals surface area contributed by atoms with Gasteiger partial charge in [-0.1, -0.05) is 6.92 Å². The molecule has 0 spiro atoms. The number of aromatic nitrogens is 4. The third kappa shape index (κ3) is 2.48. The van der Waals surface area contributed by atoms with Crippen molar-refractivity contribution in [2.75, 3.05) is 11.5 Å². The number of fused-ring (bicyclic) bond motifs is 1. The second-order valence-electron chi connectivity index (χ2n) is 6.84. The quantitative estimate of drug-likeness (QED) is 0.769. The van der Waals surface area contributed by atoms with Gasteiger partial charge in [-0.2, -0.15) is 0 Å². The topological polar surface area (TPSA) is 95.6 Å². The van der Waals surface area contributed by atoms with Crippen LogP contribution in [0.2, 0.25) is 0 Å². The molecule has 3 heterocycles. The fourth-order valence-electron chi connectivity index (χ4n) is 3.32.